The van der Waals surface area contributed by atoms with Crippen LogP contribution in [0.15, 0.2) is 24.3 Å². The normalized spacial score (nSPS) is 11.5. The molecule has 0 aliphatic rings. The van der Waals surface area contributed by atoms with Crippen LogP contribution in [0.5, 0.6) is 5.75 Å². The van der Waals surface area contributed by atoms with E-state index in [0.29, 0.717) is 0 Å². The summed E-state index contributed by atoms with van der Waals surface area (Å²) in [5, 5.41) is 19.2. The Balaban J connectivity index is 0.00000169. The number of nitrogens with two attached hydrogens (primary N) is 1. The van der Waals surface area contributed by atoms with Gasteiger partial charge in [0.2, 0.25) is 0 Å². The standard InChI is InChI=1S/C9H11NO3.K/c10-8(9(12)13)5-6-1-3-7(11)4-2-6;/h1-4,8,11H,5,10H2,(H,12,13);/q;+1/p-1/t8-;/m0./s1. The number of carboxylic acids is 1. The minimum Gasteiger partial charge on any atom is -0.548 e. The van der Waals surface area contributed by atoms with Crippen molar-refractivity contribution in [3.8, 4) is 5.75 Å². The van der Waals surface area contributed by atoms with Crippen molar-refractivity contribution in [1.29, 1.82) is 0 Å². The van der Waals surface area contributed by atoms with E-state index in [9.17, 15) is 9.90 Å². The Labute approximate surface area is 125 Å². The third-order valence-electron chi connectivity index (χ3n) is 1.69. The maximum absolute atomic E-state index is 10.3. The number of phenols is 1. The van der Waals surface area contributed by atoms with Crippen LogP contribution in [0.25, 0.3) is 0 Å². The van der Waals surface area contributed by atoms with Gasteiger partial charge >= 0.3 is 51.4 Å². The maximum atomic E-state index is 10.3. The van der Waals surface area contributed by atoms with E-state index in [4.69, 9.17) is 10.8 Å². The third-order valence-corrected chi connectivity index (χ3v) is 1.69. The van der Waals surface area contributed by atoms with E-state index < -0.39 is 12.0 Å². The number of carboxylic acid groups (broad SMARTS) is 1. The zero-order chi connectivity index (χ0) is 9.84. The van der Waals surface area contributed by atoms with Gasteiger partial charge in [-0.15, -0.1) is 0 Å². The molecule has 0 heterocycles. The Morgan fingerprint density at radius 3 is 2.36 bits per heavy atom. The number of carbonyl (C=O) groups excluding carboxylic acids is 1. The number of hydrogen-bond acceptors (Lipinski definition) is 4. The number of hydrogen-bond donors (Lipinski definition) is 2. The first-order valence-electron chi connectivity index (χ1n) is 3.84. The first-order valence-corrected chi connectivity index (χ1v) is 3.84. The third kappa shape index (κ3) is 4.54. The van der Waals surface area contributed by atoms with E-state index in [1.165, 1.54) is 12.1 Å². The first kappa shape index (κ1) is 14.1. The van der Waals surface area contributed by atoms with Crippen LogP contribution in [0.1, 0.15) is 5.56 Å². The van der Waals surface area contributed by atoms with E-state index >= 15 is 0 Å². The Hall–Kier alpha value is 0.0864. The summed E-state index contributed by atoms with van der Waals surface area (Å²) in [7, 11) is 0. The van der Waals surface area contributed by atoms with Crippen molar-refractivity contribution < 1.29 is 66.4 Å². The smallest absolute Gasteiger partial charge is 0.548 e. The second-order valence-electron chi connectivity index (χ2n) is 2.80. The summed E-state index contributed by atoms with van der Waals surface area (Å²) in [6, 6.07) is 5.22. The minimum atomic E-state index is -1.27. The molecule has 4 nitrogen and oxygen atoms in total. The van der Waals surface area contributed by atoms with Crippen LogP contribution in [0.2, 0.25) is 0 Å². The summed E-state index contributed by atoms with van der Waals surface area (Å²) in [6.45, 7) is 0. The van der Waals surface area contributed by atoms with Gasteiger partial charge in [-0.05, 0) is 24.1 Å². The summed E-state index contributed by atoms with van der Waals surface area (Å²) < 4.78 is 0. The average Bonchev–Trinajstić information content (AvgIpc) is 2.08. The molecule has 0 fully saturated rings. The van der Waals surface area contributed by atoms with Crippen LogP contribution in [-0.2, 0) is 11.2 Å². The number of aromatic hydroxyl groups is 1. The van der Waals surface area contributed by atoms with E-state index in [-0.39, 0.29) is 63.6 Å². The molecule has 3 N–H and O–H groups in total. The minimum absolute atomic E-state index is 0. The van der Waals surface area contributed by atoms with Crippen LogP contribution in [-0.4, -0.2) is 17.1 Å². The fourth-order valence-electron chi connectivity index (χ4n) is 0.969. The number of phenolic OH excluding ortho intramolecular Hbond substituents is 1. The molecule has 5 heteroatoms. The molecule has 0 radical (unpaired) electrons. The van der Waals surface area contributed by atoms with Crippen LogP contribution < -0.4 is 62.2 Å². The van der Waals surface area contributed by atoms with E-state index in [2.05, 4.69) is 0 Å². The van der Waals surface area contributed by atoms with Crippen molar-refractivity contribution in [2.24, 2.45) is 5.73 Å². The maximum Gasteiger partial charge on any atom is 1.00 e. The number of aliphatic carboxylic acids is 1. The first-order chi connectivity index (χ1) is 6.09. The molecule has 1 rings (SSSR count). The van der Waals surface area contributed by atoms with Gasteiger partial charge in [-0.3, -0.25) is 0 Å². The molecular formula is C9H10KNO3. The second-order valence-corrected chi connectivity index (χ2v) is 2.80. The molecule has 14 heavy (non-hydrogen) atoms. The van der Waals surface area contributed by atoms with Gasteiger partial charge in [0.25, 0.3) is 0 Å². The topological polar surface area (TPSA) is 86.4 Å². The molecule has 1 aromatic rings. The zero-order valence-corrected chi connectivity index (χ0v) is 11.1. The molecule has 0 amide bonds. The monoisotopic (exact) mass is 219 g/mol. The second kappa shape index (κ2) is 6.55. The van der Waals surface area contributed by atoms with Crippen molar-refractivity contribution >= 4 is 5.97 Å². The van der Waals surface area contributed by atoms with E-state index in [0.717, 1.165) is 5.56 Å². The average molecular weight is 219 g/mol. The van der Waals surface area contributed by atoms with Gasteiger partial charge in [-0.2, -0.15) is 0 Å². The van der Waals surface area contributed by atoms with E-state index in [1.54, 1.807) is 12.1 Å². The van der Waals surface area contributed by atoms with Crippen LogP contribution in [0.3, 0.4) is 0 Å². The summed E-state index contributed by atoms with van der Waals surface area (Å²) in [4.78, 5) is 10.3. The van der Waals surface area contributed by atoms with Crippen molar-refractivity contribution in [3.05, 3.63) is 29.8 Å². The molecule has 0 spiro atoms. The van der Waals surface area contributed by atoms with Gasteiger partial charge < -0.3 is 20.7 Å². The molecule has 1 atom stereocenters. The van der Waals surface area contributed by atoms with Crippen molar-refractivity contribution in [1.82, 2.24) is 0 Å². The summed E-state index contributed by atoms with van der Waals surface area (Å²) in [6.07, 6.45) is 0.211. The van der Waals surface area contributed by atoms with Crippen LogP contribution in [0, 0.1) is 0 Å². The molecule has 0 saturated carbocycles. The van der Waals surface area contributed by atoms with Gasteiger partial charge in [-0.25, -0.2) is 0 Å². The Morgan fingerprint density at radius 2 is 1.93 bits per heavy atom. The molecule has 1 aromatic carbocycles. The fourth-order valence-corrected chi connectivity index (χ4v) is 0.969. The zero-order valence-electron chi connectivity index (χ0n) is 7.93. The van der Waals surface area contributed by atoms with Crippen LogP contribution in [0.4, 0.5) is 0 Å². The summed E-state index contributed by atoms with van der Waals surface area (Å²) >= 11 is 0. The van der Waals surface area contributed by atoms with Gasteiger partial charge in [-0.1, -0.05) is 12.1 Å². The number of carbonyl (C=O) groups is 1. The molecule has 0 aliphatic heterocycles. The largest absolute Gasteiger partial charge is 1.00 e. The Morgan fingerprint density at radius 1 is 1.43 bits per heavy atom. The van der Waals surface area contributed by atoms with Gasteiger partial charge in [0.05, 0.1) is 5.97 Å². The molecule has 0 unspecified atom stereocenters. The predicted molar refractivity (Wildman–Crippen MR) is 44.8 cm³/mol. The van der Waals surface area contributed by atoms with Crippen molar-refractivity contribution in [3.63, 3.8) is 0 Å². The Kier molecular flexibility index (Phi) is 6.59. The summed E-state index contributed by atoms with van der Waals surface area (Å²) in [5.74, 6) is -1.13. The van der Waals surface area contributed by atoms with Crippen molar-refractivity contribution in [2.45, 2.75) is 12.5 Å². The molecule has 0 bridgehead atoms. The predicted octanol–water partition coefficient (Wildman–Crippen LogP) is -3.98. The molecular weight excluding hydrogens is 209 g/mol. The molecule has 0 aromatic heterocycles. The quantitative estimate of drug-likeness (QED) is 0.508. The van der Waals surface area contributed by atoms with Gasteiger partial charge in [0, 0.05) is 6.04 Å². The fraction of sp³-hybridized carbons (Fsp3) is 0.222. The number of benzene rings is 1. The van der Waals surface area contributed by atoms with Gasteiger partial charge in [0.1, 0.15) is 5.75 Å². The number of rotatable bonds is 3. The van der Waals surface area contributed by atoms with Gasteiger partial charge in [0.15, 0.2) is 0 Å². The van der Waals surface area contributed by atoms with Crippen molar-refractivity contribution in [2.75, 3.05) is 0 Å². The molecule has 0 aliphatic carbocycles. The van der Waals surface area contributed by atoms with Crippen LogP contribution >= 0.6 is 0 Å². The molecule has 70 valence electrons. The van der Waals surface area contributed by atoms with E-state index in [1.807, 2.05) is 0 Å². The summed E-state index contributed by atoms with van der Waals surface area (Å²) in [5.41, 5.74) is 6.02. The molecule has 0 saturated heterocycles. The Bertz CT molecular complexity index is 299. The SMILES string of the molecule is N[C@@H](Cc1ccc(O)cc1)C(=O)[O-].[K+].